The third-order valence-corrected chi connectivity index (χ3v) is 5.69. The Morgan fingerprint density at radius 1 is 1.14 bits per heavy atom. The molecule has 1 saturated heterocycles. The van der Waals surface area contributed by atoms with Crippen molar-refractivity contribution in [3.05, 3.63) is 58.4 Å². The Labute approximate surface area is 163 Å². The van der Waals surface area contributed by atoms with E-state index < -0.39 is 23.5 Å². The van der Waals surface area contributed by atoms with E-state index in [4.69, 9.17) is 11.6 Å². The predicted molar refractivity (Wildman–Crippen MR) is 99.5 cm³/mol. The van der Waals surface area contributed by atoms with E-state index >= 15 is 0 Å². The Hall–Kier alpha value is -3.13. The number of hydrogen-bond donors (Lipinski definition) is 3. The summed E-state index contributed by atoms with van der Waals surface area (Å²) >= 11 is 6.29. The van der Waals surface area contributed by atoms with Gasteiger partial charge in [0.1, 0.15) is 17.4 Å². The van der Waals surface area contributed by atoms with Gasteiger partial charge in [-0.15, -0.1) is 0 Å². The molecule has 2 atom stereocenters. The fourth-order valence-electron chi connectivity index (χ4n) is 4.18. The van der Waals surface area contributed by atoms with E-state index in [1.54, 1.807) is 29.2 Å². The Kier molecular flexibility index (Phi) is 3.45. The molecule has 4 amide bonds. The Morgan fingerprint density at radius 3 is 2.57 bits per heavy atom. The van der Waals surface area contributed by atoms with Crippen LogP contribution in [0, 0.1) is 5.82 Å². The van der Waals surface area contributed by atoms with Crippen LogP contribution in [0.3, 0.4) is 0 Å². The lowest BCUT2D eigenvalue weighted by Crippen LogP contribution is -2.54. The SMILES string of the molecule is O=C1NC(=O)C2(CCN3C(=O)C(c4ccc(F)cc4)Nc4cc(Cl)cc2c43)N1. The van der Waals surface area contributed by atoms with Crippen LogP contribution in [0.5, 0.6) is 0 Å². The summed E-state index contributed by atoms with van der Waals surface area (Å²) < 4.78 is 13.3. The van der Waals surface area contributed by atoms with E-state index in [2.05, 4.69) is 16.0 Å². The molecule has 142 valence electrons. The number of hydrogen-bond acceptors (Lipinski definition) is 4. The molecule has 0 bridgehead atoms. The van der Waals surface area contributed by atoms with E-state index in [0.29, 0.717) is 27.5 Å². The standard InChI is InChI=1S/C19H14ClFN4O3/c20-10-7-12-15-13(8-10)22-14(9-1-3-11(21)4-2-9)16(26)25(15)6-5-19(12)17(27)23-18(28)24-19/h1-4,7-8,14,22H,5-6H2,(H2,23,24,27,28). The van der Waals surface area contributed by atoms with Crippen molar-refractivity contribution in [1.29, 1.82) is 0 Å². The summed E-state index contributed by atoms with van der Waals surface area (Å²) in [5.41, 5.74) is 0.933. The number of amides is 4. The Bertz CT molecular complexity index is 1060. The van der Waals surface area contributed by atoms with Crippen molar-refractivity contribution in [3.8, 4) is 0 Å². The van der Waals surface area contributed by atoms with E-state index in [0.717, 1.165) is 0 Å². The molecule has 0 radical (unpaired) electrons. The third kappa shape index (κ3) is 2.24. The quantitative estimate of drug-likeness (QED) is 0.641. The van der Waals surface area contributed by atoms with E-state index in [1.807, 2.05) is 0 Å². The van der Waals surface area contributed by atoms with Gasteiger partial charge in [0, 0.05) is 23.6 Å². The number of benzene rings is 2. The number of halogens is 2. The molecule has 0 saturated carbocycles. The molecule has 1 spiro atoms. The molecule has 28 heavy (non-hydrogen) atoms. The van der Waals surface area contributed by atoms with Crippen LogP contribution in [0.2, 0.25) is 5.02 Å². The maximum Gasteiger partial charge on any atom is 0.322 e. The molecule has 3 N–H and O–H groups in total. The highest BCUT2D eigenvalue weighted by molar-refractivity contribution is 6.31. The van der Waals surface area contributed by atoms with Gasteiger partial charge in [-0.1, -0.05) is 23.7 Å². The lowest BCUT2D eigenvalue weighted by molar-refractivity contribution is -0.125. The van der Waals surface area contributed by atoms with Gasteiger partial charge in [-0.05, 0) is 29.8 Å². The Morgan fingerprint density at radius 2 is 1.89 bits per heavy atom. The minimum atomic E-state index is -1.26. The maximum atomic E-state index is 13.3. The number of nitrogens with zero attached hydrogens (tertiary/aromatic N) is 1. The van der Waals surface area contributed by atoms with E-state index in [-0.39, 0.29) is 24.7 Å². The number of urea groups is 1. The zero-order chi connectivity index (χ0) is 19.6. The van der Waals surface area contributed by atoms with Gasteiger partial charge in [0.2, 0.25) is 0 Å². The van der Waals surface area contributed by atoms with Gasteiger partial charge in [-0.25, -0.2) is 9.18 Å². The summed E-state index contributed by atoms with van der Waals surface area (Å²) in [5, 5.41) is 8.48. The zero-order valence-electron chi connectivity index (χ0n) is 14.4. The molecule has 2 aromatic rings. The number of rotatable bonds is 1. The lowest BCUT2D eigenvalue weighted by atomic mass is 9.80. The number of nitrogens with one attached hydrogen (secondary N) is 3. The van der Waals surface area contributed by atoms with Gasteiger partial charge in [0.05, 0.1) is 11.4 Å². The summed E-state index contributed by atoms with van der Waals surface area (Å²) in [6.07, 6.45) is 0.221. The first-order valence-corrected chi connectivity index (χ1v) is 9.08. The monoisotopic (exact) mass is 400 g/mol. The zero-order valence-corrected chi connectivity index (χ0v) is 15.1. The molecule has 2 aromatic carbocycles. The van der Waals surface area contributed by atoms with Crippen LogP contribution in [-0.2, 0) is 15.1 Å². The first-order chi connectivity index (χ1) is 13.4. The number of imide groups is 1. The first kappa shape index (κ1) is 17.0. The van der Waals surface area contributed by atoms with Crippen molar-refractivity contribution in [1.82, 2.24) is 10.6 Å². The van der Waals surface area contributed by atoms with Gasteiger partial charge in [-0.2, -0.15) is 0 Å². The normalized spacial score (nSPS) is 25.3. The molecule has 3 aliphatic rings. The maximum absolute atomic E-state index is 13.3. The highest BCUT2D eigenvalue weighted by Gasteiger charge is 2.54. The van der Waals surface area contributed by atoms with Crippen LogP contribution in [-0.4, -0.2) is 24.4 Å². The van der Waals surface area contributed by atoms with Crippen LogP contribution in [0.1, 0.15) is 23.6 Å². The van der Waals surface area contributed by atoms with Crippen molar-refractivity contribution < 1.29 is 18.8 Å². The van der Waals surface area contributed by atoms with Crippen LogP contribution >= 0.6 is 11.6 Å². The minimum absolute atomic E-state index is 0.220. The molecule has 1 fully saturated rings. The third-order valence-electron chi connectivity index (χ3n) is 5.47. The summed E-state index contributed by atoms with van der Waals surface area (Å²) in [7, 11) is 0. The van der Waals surface area contributed by atoms with Crippen molar-refractivity contribution in [3.63, 3.8) is 0 Å². The molecule has 3 heterocycles. The van der Waals surface area contributed by atoms with Crippen LogP contribution < -0.4 is 20.9 Å². The second-order valence-electron chi connectivity index (χ2n) is 7.03. The molecular formula is C19H14ClFN4O3. The summed E-state index contributed by atoms with van der Waals surface area (Å²) in [4.78, 5) is 39.1. The largest absolute Gasteiger partial charge is 0.368 e. The van der Waals surface area contributed by atoms with Crippen LogP contribution in [0.15, 0.2) is 36.4 Å². The highest BCUT2D eigenvalue weighted by Crippen LogP contribution is 2.49. The molecule has 9 heteroatoms. The Balaban J connectivity index is 1.66. The van der Waals surface area contributed by atoms with Gasteiger partial charge in [-0.3, -0.25) is 14.9 Å². The van der Waals surface area contributed by atoms with Gasteiger partial charge in [0.15, 0.2) is 0 Å². The fourth-order valence-corrected chi connectivity index (χ4v) is 4.40. The molecule has 7 nitrogen and oxygen atoms in total. The summed E-state index contributed by atoms with van der Waals surface area (Å²) in [6.45, 7) is 0.244. The topological polar surface area (TPSA) is 90.5 Å². The van der Waals surface area contributed by atoms with Gasteiger partial charge < -0.3 is 15.5 Å². The molecule has 0 aliphatic carbocycles. The second-order valence-corrected chi connectivity index (χ2v) is 7.47. The minimum Gasteiger partial charge on any atom is -0.368 e. The number of carbonyl (C=O) groups is 3. The predicted octanol–water partition coefficient (Wildman–Crippen LogP) is 2.42. The van der Waals surface area contributed by atoms with Gasteiger partial charge in [0.25, 0.3) is 11.8 Å². The van der Waals surface area contributed by atoms with E-state index in [1.165, 1.54) is 12.1 Å². The average molecular weight is 401 g/mol. The number of anilines is 2. The molecule has 3 aliphatic heterocycles. The summed E-state index contributed by atoms with van der Waals surface area (Å²) in [5.74, 6) is -1.07. The molecule has 2 unspecified atom stereocenters. The average Bonchev–Trinajstić information content (AvgIpc) is 2.94. The van der Waals surface area contributed by atoms with Crippen LogP contribution in [0.4, 0.5) is 20.6 Å². The van der Waals surface area contributed by atoms with E-state index in [9.17, 15) is 18.8 Å². The van der Waals surface area contributed by atoms with Crippen molar-refractivity contribution >= 4 is 40.8 Å². The molecular weight excluding hydrogens is 387 g/mol. The van der Waals surface area contributed by atoms with Crippen LogP contribution in [0.25, 0.3) is 0 Å². The molecule has 0 aromatic heterocycles. The fraction of sp³-hybridized carbons (Fsp3) is 0.211. The highest BCUT2D eigenvalue weighted by atomic mass is 35.5. The smallest absolute Gasteiger partial charge is 0.322 e. The first-order valence-electron chi connectivity index (χ1n) is 8.70. The lowest BCUT2D eigenvalue weighted by Gasteiger charge is -2.44. The summed E-state index contributed by atoms with van der Waals surface area (Å²) in [6, 6.07) is 7.69. The number of fused-ring (bicyclic) bond motifs is 1. The number of carbonyl (C=O) groups excluding carboxylic acids is 3. The van der Waals surface area contributed by atoms with Crippen molar-refractivity contribution in [2.75, 3.05) is 16.8 Å². The second kappa shape index (κ2) is 5.68. The molecule has 5 rings (SSSR count). The van der Waals surface area contributed by atoms with Gasteiger partial charge >= 0.3 is 6.03 Å². The van der Waals surface area contributed by atoms with Crippen molar-refractivity contribution in [2.24, 2.45) is 0 Å². The van der Waals surface area contributed by atoms with Crippen molar-refractivity contribution in [2.45, 2.75) is 18.0 Å².